The van der Waals surface area contributed by atoms with E-state index < -0.39 is 11.7 Å². The van der Waals surface area contributed by atoms with E-state index in [-0.39, 0.29) is 17.7 Å². The van der Waals surface area contributed by atoms with E-state index in [0.29, 0.717) is 16.7 Å². The van der Waals surface area contributed by atoms with Gasteiger partial charge in [-0.2, -0.15) is 13.2 Å². The minimum Gasteiger partial charge on any atom is -0.256 e. The molecule has 0 saturated heterocycles. The highest BCUT2D eigenvalue weighted by Gasteiger charge is 2.42. The molecule has 0 spiro atoms. The lowest BCUT2D eigenvalue weighted by Crippen LogP contribution is -2.37. The molecular formula is C30H29BF3N. The number of hydrogen-bond acceptors (Lipinski definition) is 1. The van der Waals surface area contributed by atoms with Gasteiger partial charge in [-0.3, -0.25) is 4.98 Å². The van der Waals surface area contributed by atoms with E-state index in [1.165, 1.54) is 5.56 Å². The zero-order valence-corrected chi connectivity index (χ0v) is 21.1. The number of hydrogen-bond donors (Lipinski definition) is 0. The number of pyridine rings is 1. The molecule has 178 valence electrons. The predicted octanol–water partition coefficient (Wildman–Crippen LogP) is 7.35. The van der Waals surface area contributed by atoms with Crippen LogP contribution in [0, 0.1) is 19.3 Å². The van der Waals surface area contributed by atoms with Gasteiger partial charge in [0.1, 0.15) is 0 Å². The summed E-state index contributed by atoms with van der Waals surface area (Å²) in [6, 6.07) is 16.3. The van der Waals surface area contributed by atoms with Crippen molar-refractivity contribution in [1.29, 1.82) is 0 Å². The van der Waals surface area contributed by atoms with Crippen molar-refractivity contribution >= 4 is 28.4 Å². The number of benzene rings is 3. The number of rotatable bonds is 2. The summed E-state index contributed by atoms with van der Waals surface area (Å²) in [4.78, 5) is 4.42. The average Bonchev–Trinajstić information content (AvgIpc) is 3.03. The molecule has 0 unspecified atom stereocenters. The second-order valence-electron chi connectivity index (χ2n) is 11.2. The van der Waals surface area contributed by atoms with E-state index in [2.05, 4.69) is 50.0 Å². The molecule has 35 heavy (non-hydrogen) atoms. The van der Waals surface area contributed by atoms with Crippen molar-refractivity contribution in [3.8, 4) is 22.4 Å². The summed E-state index contributed by atoms with van der Waals surface area (Å²) >= 11 is 0. The summed E-state index contributed by atoms with van der Waals surface area (Å²) in [6.07, 6.45) is -2.52. The molecule has 0 aliphatic carbocycles. The Labute approximate surface area is 205 Å². The molecular weight excluding hydrogens is 442 g/mol. The van der Waals surface area contributed by atoms with Crippen LogP contribution in [0.15, 0.2) is 54.7 Å². The maximum Gasteiger partial charge on any atom is 0.418 e. The van der Waals surface area contributed by atoms with Crippen LogP contribution in [0.2, 0.25) is 6.82 Å². The number of halogens is 3. The van der Waals surface area contributed by atoms with Gasteiger partial charge in [-0.05, 0) is 70.7 Å². The van der Waals surface area contributed by atoms with Crippen LogP contribution in [-0.2, 0) is 12.6 Å². The zero-order valence-electron chi connectivity index (χ0n) is 21.1. The fourth-order valence-electron chi connectivity index (χ4n) is 5.75. The van der Waals surface area contributed by atoms with E-state index >= 15 is 0 Å². The first-order valence-corrected chi connectivity index (χ1v) is 12.1. The SMILES string of the molecule is CB1c2c(-c3cc(C)cc(C)c3)ncc(C(F)(F)F)c2-c2ccc3cc(CC(C)(C)C)ccc3c21. The van der Waals surface area contributed by atoms with E-state index in [4.69, 9.17) is 0 Å². The van der Waals surface area contributed by atoms with E-state index in [1.54, 1.807) is 0 Å². The van der Waals surface area contributed by atoms with Crippen LogP contribution >= 0.6 is 0 Å². The third-order valence-electron chi connectivity index (χ3n) is 6.91. The molecule has 0 fully saturated rings. The van der Waals surface area contributed by atoms with Gasteiger partial charge in [-0.15, -0.1) is 0 Å². The van der Waals surface area contributed by atoms with Crippen molar-refractivity contribution in [2.24, 2.45) is 5.41 Å². The maximum atomic E-state index is 14.2. The standard InChI is InChI=1S/C30H29BF3N/c1-17-11-18(2)13-21(12-17)28-27-25(24(16-35-28)30(32,33)34)23-10-8-20-14-19(15-29(3,4)5)7-9-22(20)26(23)31(27)6/h7-14,16H,15H2,1-6H3. The third-order valence-corrected chi connectivity index (χ3v) is 6.91. The van der Waals surface area contributed by atoms with Crippen LogP contribution in [0.5, 0.6) is 0 Å². The molecule has 0 atom stereocenters. The molecule has 0 N–H and O–H groups in total. The van der Waals surface area contributed by atoms with E-state index in [1.807, 2.05) is 44.9 Å². The first kappa shape index (κ1) is 23.7. The molecule has 2 heterocycles. The number of nitrogens with zero attached hydrogens (tertiary/aromatic N) is 1. The first-order chi connectivity index (χ1) is 16.3. The van der Waals surface area contributed by atoms with Crippen molar-refractivity contribution in [3.63, 3.8) is 0 Å². The molecule has 0 saturated carbocycles. The van der Waals surface area contributed by atoms with Crippen molar-refractivity contribution in [2.45, 2.75) is 54.0 Å². The smallest absolute Gasteiger partial charge is 0.256 e. The summed E-state index contributed by atoms with van der Waals surface area (Å²) in [5.41, 5.74) is 6.96. The highest BCUT2D eigenvalue weighted by Crippen LogP contribution is 2.41. The number of aryl methyl sites for hydroxylation is 2. The Morgan fingerprint density at radius 2 is 1.54 bits per heavy atom. The van der Waals surface area contributed by atoms with Crippen LogP contribution < -0.4 is 10.9 Å². The second-order valence-corrected chi connectivity index (χ2v) is 11.2. The van der Waals surface area contributed by atoms with Gasteiger partial charge in [0.15, 0.2) is 0 Å². The summed E-state index contributed by atoms with van der Waals surface area (Å²) in [5.74, 6) is 0. The lowest BCUT2D eigenvalue weighted by Gasteiger charge is -2.19. The molecule has 0 bridgehead atoms. The van der Waals surface area contributed by atoms with E-state index in [9.17, 15) is 13.2 Å². The molecule has 5 rings (SSSR count). The monoisotopic (exact) mass is 471 g/mol. The van der Waals surface area contributed by atoms with Crippen molar-refractivity contribution in [2.75, 3.05) is 0 Å². The number of alkyl halides is 3. The van der Waals surface area contributed by atoms with Crippen molar-refractivity contribution in [1.82, 2.24) is 4.98 Å². The Balaban J connectivity index is 1.78. The summed E-state index contributed by atoms with van der Waals surface area (Å²) < 4.78 is 42.6. The Morgan fingerprint density at radius 3 is 2.17 bits per heavy atom. The van der Waals surface area contributed by atoms with Gasteiger partial charge in [-0.25, -0.2) is 0 Å². The fourth-order valence-corrected chi connectivity index (χ4v) is 5.75. The molecule has 4 aromatic rings. The Hall–Kier alpha value is -3.08. The zero-order chi connectivity index (χ0) is 25.3. The van der Waals surface area contributed by atoms with Gasteiger partial charge in [-0.1, -0.05) is 80.6 Å². The molecule has 1 aliphatic heterocycles. The largest absolute Gasteiger partial charge is 0.418 e. The van der Waals surface area contributed by atoms with Crippen molar-refractivity contribution in [3.05, 3.63) is 77.0 Å². The molecule has 0 amide bonds. The fraction of sp³-hybridized carbons (Fsp3) is 0.300. The van der Waals surface area contributed by atoms with Crippen LogP contribution in [0.25, 0.3) is 33.2 Å². The average molecular weight is 471 g/mol. The van der Waals surface area contributed by atoms with Gasteiger partial charge in [0, 0.05) is 11.8 Å². The van der Waals surface area contributed by atoms with Gasteiger partial charge >= 0.3 is 6.18 Å². The van der Waals surface area contributed by atoms with Crippen LogP contribution in [-0.4, -0.2) is 11.7 Å². The van der Waals surface area contributed by atoms with Crippen LogP contribution in [0.1, 0.15) is 43.0 Å². The minimum atomic E-state index is -4.48. The Bertz CT molecular complexity index is 1460. The predicted molar refractivity (Wildman–Crippen MR) is 141 cm³/mol. The lowest BCUT2D eigenvalue weighted by molar-refractivity contribution is -0.137. The topological polar surface area (TPSA) is 12.9 Å². The molecule has 3 aromatic carbocycles. The van der Waals surface area contributed by atoms with E-state index in [0.717, 1.165) is 45.5 Å². The molecule has 5 heteroatoms. The van der Waals surface area contributed by atoms with Crippen LogP contribution in [0.3, 0.4) is 0 Å². The Kier molecular flexibility index (Phi) is 5.39. The van der Waals surface area contributed by atoms with Crippen LogP contribution in [0.4, 0.5) is 13.2 Å². The van der Waals surface area contributed by atoms with Crippen molar-refractivity contribution < 1.29 is 13.2 Å². The maximum absolute atomic E-state index is 14.2. The normalized spacial score (nSPS) is 13.3. The van der Waals surface area contributed by atoms with Gasteiger partial charge < -0.3 is 0 Å². The summed E-state index contributed by atoms with van der Waals surface area (Å²) in [6.45, 7) is 12.4. The highest BCUT2D eigenvalue weighted by molar-refractivity contribution is 6.91. The summed E-state index contributed by atoms with van der Waals surface area (Å²) in [7, 11) is 0. The first-order valence-electron chi connectivity index (χ1n) is 12.1. The third kappa shape index (κ3) is 4.15. The van der Waals surface area contributed by atoms with Gasteiger partial charge in [0.2, 0.25) is 6.71 Å². The molecule has 1 aromatic heterocycles. The molecule has 1 nitrogen and oxygen atoms in total. The Morgan fingerprint density at radius 1 is 0.857 bits per heavy atom. The summed E-state index contributed by atoms with van der Waals surface area (Å²) in [5, 5.41) is 2.09. The quantitative estimate of drug-likeness (QED) is 0.279. The molecule has 0 radical (unpaired) electrons. The highest BCUT2D eigenvalue weighted by atomic mass is 19.4. The number of fused-ring (bicyclic) bond motifs is 5. The second kappa shape index (κ2) is 7.98. The van der Waals surface area contributed by atoms with Gasteiger partial charge in [0.05, 0.1) is 11.3 Å². The minimum absolute atomic E-state index is 0.155. The lowest BCUT2D eigenvalue weighted by atomic mass is 9.43. The van der Waals surface area contributed by atoms with Gasteiger partial charge in [0.25, 0.3) is 0 Å². The number of aromatic nitrogens is 1. The molecule has 1 aliphatic rings.